The highest BCUT2D eigenvalue weighted by Crippen LogP contribution is 2.28. The maximum absolute atomic E-state index is 12.5. The minimum atomic E-state index is -0.911. The van der Waals surface area contributed by atoms with Gasteiger partial charge in [-0.15, -0.1) is 22.7 Å². The zero-order valence-electron chi connectivity index (χ0n) is 11.8. The van der Waals surface area contributed by atoms with Crippen LogP contribution in [0.15, 0.2) is 22.9 Å². The van der Waals surface area contributed by atoms with Crippen LogP contribution in [0.2, 0.25) is 0 Å². The third-order valence-corrected chi connectivity index (χ3v) is 4.94. The number of amides is 1. The number of rotatable bonds is 6. The molecule has 0 aliphatic heterocycles. The lowest BCUT2D eigenvalue weighted by molar-refractivity contribution is -0.138. The summed E-state index contributed by atoms with van der Waals surface area (Å²) in [5, 5.41) is 13.4. The van der Waals surface area contributed by atoms with Crippen LogP contribution in [0.3, 0.4) is 0 Å². The summed E-state index contributed by atoms with van der Waals surface area (Å²) in [6.07, 6.45) is -0.0680. The fourth-order valence-corrected chi connectivity index (χ4v) is 3.66. The molecule has 2 aromatic rings. The standard InChI is InChI=1S/C14H16N2O3S2/c1-3-16(9(2)7-12(17)18)14(19)10-8-21-13(15-10)11-5-4-6-20-11/h4-6,8-9H,3,7H2,1-2H3,(H,17,18). The van der Waals surface area contributed by atoms with E-state index >= 15 is 0 Å². The summed E-state index contributed by atoms with van der Waals surface area (Å²) in [5.41, 5.74) is 0.377. The molecule has 0 bridgehead atoms. The Balaban J connectivity index is 2.16. The molecular formula is C14H16N2O3S2. The van der Waals surface area contributed by atoms with Gasteiger partial charge in [-0.1, -0.05) is 6.07 Å². The maximum atomic E-state index is 12.5. The highest BCUT2D eigenvalue weighted by Gasteiger charge is 2.24. The molecule has 21 heavy (non-hydrogen) atoms. The van der Waals surface area contributed by atoms with E-state index in [0.29, 0.717) is 12.2 Å². The molecule has 0 saturated carbocycles. The van der Waals surface area contributed by atoms with Crippen molar-refractivity contribution >= 4 is 34.6 Å². The predicted molar refractivity (Wildman–Crippen MR) is 83.9 cm³/mol. The first-order valence-electron chi connectivity index (χ1n) is 6.55. The number of hydrogen-bond donors (Lipinski definition) is 1. The first-order valence-corrected chi connectivity index (χ1v) is 8.31. The van der Waals surface area contributed by atoms with Crippen molar-refractivity contribution in [2.45, 2.75) is 26.3 Å². The van der Waals surface area contributed by atoms with Gasteiger partial charge in [-0.3, -0.25) is 9.59 Å². The van der Waals surface area contributed by atoms with Crippen molar-refractivity contribution in [1.29, 1.82) is 0 Å². The quantitative estimate of drug-likeness (QED) is 0.886. The number of carbonyl (C=O) groups excluding carboxylic acids is 1. The van der Waals surface area contributed by atoms with Gasteiger partial charge < -0.3 is 10.0 Å². The van der Waals surface area contributed by atoms with Crippen LogP contribution in [0.4, 0.5) is 0 Å². The van der Waals surface area contributed by atoms with E-state index in [0.717, 1.165) is 9.88 Å². The molecule has 2 aromatic heterocycles. The zero-order valence-corrected chi connectivity index (χ0v) is 13.4. The molecule has 112 valence electrons. The summed E-state index contributed by atoms with van der Waals surface area (Å²) in [7, 11) is 0. The lowest BCUT2D eigenvalue weighted by Crippen LogP contribution is -2.39. The van der Waals surface area contributed by atoms with Gasteiger partial charge in [0.05, 0.1) is 11.3 Å². The van der Waals surface area contributed by atoms with Crippen LogP contribution in [-0.4, -0.2) is 39.5 Å². The molecule has 7 heteroatoms. The van der Waals surface area contributed by atoms with Crippen LogP contribution in [0, 0.1) is 0 Å². The van der Waals surface area contributed by atoms with Crippen molar-refractivity contribution in [2.75, 3.05) is 6.54 Å². The van der Waals surface area contributed by atoms with E-state index < -0.39 is 5.97 Å². The Hall–Kier alpha value is -1.73. The summed E-state index contributed by atoms with van der Waals surface area (Å²) >= 11 is 3.00. The molecule has 0 aliphatic rings. The van der Waals surface area contributed by atoms with Gasteiger partial charge in [-0.2, -0.15) is 0 Å². The molecule has 1 N–H and O–H groups in total. The van der Waals surface area contributed by atoms with Crippen molar-refractivity contribution in [3.63, 3.8) is 0 Å². The average Bonchev–Trinajstić information content (AvgIpc) is 3.09. The molecule has 0 radical (unpaired) electrons. The Labute approximate surface area is 130 Å². The molecule has 2 heterocycles. The van der Waals surface area contributed by atoms with Gasteiger partial charge in [0.15, 0.2) is 0 Å². The van der Waals surface area contributed by atoms with E-state index in [1.54, 1.807) is 28.5 Å². The van der Waals surface area contributed by atoms with Crippen LogP contribution in [0.25, 0.3) is 9.88 Å². The Kier molecular flexibility index (Phi) is 5.08. The number of hydrogen-bond acceptors (Lipinski definition) is 5. The van der Waals surface area contributed by atoms with E-state index in [-0.39, 0.29) is 18.4 Å². The second-order valence-corrected chi connectivity index (χ2v) is 6.36. The highest BCUT2D eigenvalue weighted by atomic mass is 32.1. The summed E-state index contributed by atoms with van der Waals surface area (Å²) in [6.45, 7) is 4.03. The molecule has 0 fully saturated rings. The first kappa shape index (κ1) is 15.7. The minimum absolute atomic E-state index is 0.0680. The third-order valence-electron chi connectivity index (χ3n) is 3.06. The normalized spacial score (nSPS) is 12.1. The van der Waals surface area contributed by atoms with Crippen LogP contribution in [0.1, 0.15) is 30.8 Å². The zero-order chi connectivity index (χ0) is 15.4. The Morgan fingerprint density at radius 2 is 2.19 bits per heavy atom. The summed E-state index contributed by atoms with van der Waals surface area (Å²) in [5.74, 6) is -1.13. The third kappa shape index (κ3) is 3.68. The van der Waals surface area contributed by atoms with E-state index in [1.165, 1.54) is 11.3 Å². The molecular weight excluding hydrogens is 308 g/mol. The Bertz CT molecular complexity index is 622. The molecule has 0 aromatic carbocycles. The van der Waals surface area contributed by atoms with E-state index in [4.69, 9.17) is 5.11 Å². The molecule has 2 rings (SSSR count). The van der Waals surface area contributed by atoms with Crippen LogP contribution < -0.4 is 0 Å². The van der Waals surface area contributed by atoms with Crippen molar-refractivity contribution in [2.24, 2.45) is 0 Å². The van der Waals surface area contributed by atoms with Crippen LogP contribution in [-0.2, 0) is 4.79 Å². The summed E-state index contributed by atoms with van der Waals surface area (Å²) < 4.78 is 0. The fourth-order valence-electron chi connectivity index (χ4n) is 2.05. The Morgan fingerprint density at radius 3 is 2.76 bits per heavy atom. The number of carboxylic acids is 1. The lowest BCUT2D eigenvalue weighted by Gasteiger charge is -2.26. The molecule has 0 saturated heterocycles. The first-order chi connectivity index (χ1) is 10.0. The monoisotopic (exact) mass is 324 g/mol. The molecule has 0 aliphatic carbocycles. The molecule has 1 unspecified atom stereocenters. The number of thiazole rings is 1. The van der Waals surface area contributed by atoms with Gasteiger partial charge in [-0.25, -0.2) is 4.98 Å². The van der Waals surface area contributed by atoms with Crippen LogP contribution in [0.5, 0.6) is 0 Å². The highest BCUT2D eigenvalue weighted by molar-refractivity contribution is 7.20. The lowest BCUT2D eigenvalue weighted by atomic mass is 10.2. The van der Waals surface area contributed by atoms with Gasteiger partial charge in [0.1, 0.15) is 10.7 Å². The largest absolute Gasteiger partial charge is 0.481 e. The fraction of sp³-hybridized carbons (Fsp3) is 0.357. The van der Waals surface area contributed by atoms with Crippen LogP contribution >= 0.6 is 22.7 Å². The molecule has 1 atom stereocenters. The molecule has 0 spiro atoms. The van der Waals surface area contributed by atoms with Crippen molar-refractivity contribution in [1.82, 2.24) is 9.88 Å². The predicted octanol–water partition coefficient (Wildman–Crippen LogP) is 3.20. The van der Waals surface area contributed by atoms with E-state index in [2.05, 4.69) is 4.98 Å². The van der Waals surface area contributed by atoms with Crippen molar-refractivity contribution in [3.8, 4) is 9.88 Å². The summed E-state index contributed by atoms with van der Waals surface area (Å²) in [6, 6.07) is 3.55. The number of aromatic nitrogens is 1. The SMILES string of the molecule is CCN(C(=O)c1csc(-c2cccs2)n1)C(C)CC(=O)O. The molecule has 5 nitrogen and oxygen atoms in total. The molecule has 1 amide bonds. The van der Waals surface area contributed by atoms with E-state index in [9.17, 15) is 9.59 Å². The Morgan fingerprint density at radius 1 is 1.43 bits per heavy atom. The smallest absolute Gasteiger partial charge is 0.305 e. The van der Waals surface area contributed by atoms with Gasteiger partial charge in [0, 0.05) is 18.0 Å². The van der Waals surface area contributed by atoms with Gasteiger partial charge in [0.25, 0.3) is 5.91 Å². The van der Waals surface area contributed by atoms with Gasteiger partial charge in [0.2, 0.25) is 0 Å². The topological polar surface area (TPSA) is 70.5 Å². The number of thiophene rings is 1. The van der Waals surface area contributed by atoms with Gasteiger partial charge in [-0.05, 0) is 25.3 Å². The summed E-state index contributed by atoms with van der Waals surface area (Å²) in [4.78, 5) is 30.2. The van der Waals surface area contributed by atoms with Crippen molar-refractivity contribution in [3.05, 3.63) is 28.6 Å². The number of nitrogens with zero attached hydrogens (tertiary/aromatic N) is 2. The maximum Gasteiger partial charge on any atom is 0.305 e. The number of carbonyl (C=O) groups is 2. The minimum Gasteiger partial charge on any atom is -0.481 e. The number of carboxylic acid groups (broad SMARTS) is 1. The second-order valence-electron chi connectivity index (χ2n) is 4.55. The van der Waals surface area contributed by atoms with Crippen molar-refractivity contribution < 1.29 is 14.7 Å². The average molecular weight is 324 g/mol. The van der Waals surface area contributed by atoms with Gasteiger partial charge >= 0.3 is 5.97 Å². The second kappa shape index (κ2) is 6.82. The number of aliphatic carboxylic acids is 1. The van der Waals surface area contributed by atoms with E-state index in [1.807, 2.05) is 24.4 Å².